The maximum absolute atomic E-state index is 12.6. The van der Waals surface area contributed by atoms with Crippen molar-refractivity contribution in [3.8, 4) is 0 Å². The molecule has 0 saturated heterocycles. The summed E-state index contributed by atoms with van der Waals surface area (Å²) in [6.07, 6.45) is -3.19. The number of alkyl halides is 3. The minimum absolute atomic E-state index is 0.122. The van der Waals surface area contributed by atoms with E-state index in [9.17, 15) is 18.0 Å². The molecule has 0 aliphatic heterocycles. The van der Waals surface area contributed by atoms with Crippen LogP contribution >= 0.6 is 0 Å². The highest BCUT2D eigenvalue weighted by atomic mass is 19.4. The van der Waals surface area contributed by atoms with Gasteiger partial charge in [0.2, 0.25) is 5.95 Å². The highest BCUT2D eigenvalue weighted by molar-refractivity contribution is 5.80. The monoisotopic (exact) mass is 310 g/mol. The molecule has 1 heterocycles. The predicted molar refractivity (Wildman–Crippen MR) is 77.0 cm³/mol. The zero-order valence-corrected chi connectivity index (χ0v) is 11.8. The number of rotatable bonds is 3. The molecule has 0 bridgehead atoms. The Morgan fingerprint density at radius 3 is 2.68 bits per heavy atom. The van der Waals surface area contributed by atoms with Crippen LogP contribution in [0.1, 0.15) is 22.4 Å². The minimum atomic E-state index is -4.40. The van der Waals surface area contributed by atoms with Crippen molar-refractivity contribution in [3.05, 3.63) is 57.0 Å². The Morgan fingerprint density at radius 2 is 2.05 bits per heavy atom. The average molecular weight is 310 g/mol. The maximum atomic E-state index is 12.6. The molecular formula is C14H13F3N4O. The first-order valence-electron chi connectivity index (χ1n) is 6.31. The molecule has 0 unspecified atom stereocenters. The topological polar surface area (TPSA) is 70.1 Å². The van der Waals surface area contributed by atoms with Gasteiger partial charge in [0, 0.05) is 11.3 Å². The highest BCUT2D eigenvalue weighted by Gasteiger charge is 2.30. The zero-order chi connectivity index (χ0) is 16.3. The summed E-state index contributed by atoms with van der Waals surface area (Å²) in [5.41, 5.74) is 2.73. The average Bonchev–Trinajstić information content (AvgIpc) is 2.44. The molecule has 0 radical (unpaired) electrons. The van der Waals surface area contributed by atoms with E-state index in [4.69, 9.17) is 0 Å². The Morgan fingerprint density at radius 1 is 1.32 bits per heavy atom. The molecule has 2 aromatic rings. The molecule has 2 N–H and O–H groups in total. The van der Waals surface area contributed by atoms with Gasteiger partial charge in [-0.1, -0.05) is 12.1 Å². The van der Waals surface area contributed by atoms with Crippen molar-refractivity contribution in [3.63, 3.8) is 0 Å². The van der Waals surface area contributed by atoms with Crippen LogP contribution in [0.5, 0.6) is 0 Å². The standard InChI is InChI=1S/C14H13F3N4O/c1-8-9(2)19-13(20-12(8)22)21-18-7-10-4-3-5-11(6-10)14(15,16)17/h3-7H,1-2H3,(H2,19,20,21,22)/b18-7-. The molecule has 22 heavy (non-hydrogen) atoms. The van der Waals surface area contributed by atoms with Gasteiger partial charge in [0.15, 0.2) is 0 Å². The van der Waals surface area contributed by atoms with Crippen LogP contribution in [0.3, 0.4) is 0 Å². The van der Waals surface area contributed by atoms with Crippen LogP contribution in [-0.2, 0) is 6.18 Å². The van der Waals surface area contributed by atoms with Gasteiger partial charge in [-0.2, -0.15) is 18.3 Å². The van der Waals surface area contributed by atoms with E-state index in [0.29, 0.717) is 11.3 Å². The third-order valence-electron chi connectivity index (χ3n) is 2.99. The highest BCUT2D eigenvalue weighted by Crippen LogP contribution is 2.29. The van der Waals surface area contributed by atoms with Crippen molar-refractivity contribution in [2.45, 2.75) is 20.0 Å². The van der Waals surface area contributed by atoms with Crippen LogP contribution in [0.4, 0.5) is 19.1 Å². The number of benzene rings is 1. The number of hydrogen-bond acceptors (Lipinski definition) is 4. The number of nitrogens with zero attached hydrogens (tertiary/aromatic N) is 2. The van der Waals surface area contributed by atoms with E-state index in [1.54, 1.807) is 13.8 Å². The fourth-order valence-corrected chi connectivity index (χ4v) is 1.66. The fourth-order valence-electron chi connectivity index (χ4n) is 1.66. The third-order valence-corrected chi connectivity index (χ3v) is 2.99. The van der Waals surface area contributed by atoms with Crippen molar-refractivity contribution in [2.24, 2.45) is 5.10 Å². The molecule has 0 aliphatic rings. The first-order valence-corrected chi connectivity index (χ1v) is 6.31. The molecule has 0 spiro atoms. The number of hydrogen-bond donors (Lipinski definition) is 2. The molecule has 2 rings (SSSR count). The van der Waals surface area contributed by atoms with E-state index in [1.165, 1.54) is 18.3 Å². The molecule has 0 aliphatic carbocycles. The predicted octanol–water partition coefficient (Wildman–Crippen LogP) is 2.85. The summed E-state index contributed by atoms with van der Waals surface area (Å²) < 4.78 is 37.7. The molecule has 0 saturated carbocycles. The molecule has 0 amide bonds. The van der Waals surface area contributed by atoms with Gasteiger partial charge in [0.1, 0.15) is 0 Å². The first kappa shape index (κ1) is 15.7. The number of aromatic nitrogens is 2. The number of aromatic amines is 1. The van der Waals surface area contributed by atoms with Crippen molar-refractivity contribution >= 4 is 12.2 Å². The molecule has 5 nitrogen and oxygen atoms in total. The lowest BCUT2D eigenvalue weighted by Gasteiger charge is -2.06. The Hall–Kier alpha value is -2.64. The van der Waals surface area contributed by atoms with Crippen molar-refractivity contribution in [2.75, 3.05) is 5.43 Å². The lowest BCUT2D eigenvalue weighted by Crippen LogP contribution is -2.15. The summed E-state index contributed by atoms with van der Waals surface area (Å²) in [5.74, 6) is 0.122. The molecular weight excluding hydrogens is 297 g/mol. The van der Waals surface area contributed by atoms with E-state index >= 15 is 0 Å². The molecule has 116 valence electrons. The number of H-pyrrole nitrogens is 1. The quantitative estimate of drug-likeness (QED) is 0.676. The number of aryl methyl sites for hydroxylation is 1. The van der Waals surface area contributed by atoms with Gasteiger partial charge in [0.05, 0.1) is 11.8 Å². The smallest absolute Gasteiger partial charge is 0.291 e. The largest absolute Gasteiger partial charge is 0.416 e. The maximum Gasteiger partial charge on any atom is 0.416 e. The van der Waals surface area contributed by atoms with Crippen molar-refractivity contribution < 1.29 is 13.2 Å². The van der Waals surface area contributed by atoms with Crippen LogP contribution in [0.25, 0.3) is 0 Å². The third kappa shape index (κ3) is 3.72. The normalized spacial score (nSPS) is 11.9. The van der Waals surface area contributed by atoms with Crippen LogP contribution in [-0.4, -0.2) is 16.2 Å². The summed E-state index contributed by atoms with van der Waals surface area (Å²) in [6, 6.07) is 4.73. The van der Waals surface area contributed by atoms with Crippen molar-refractivity contribution in [1.82, 2.24) is 9.97 Å². The van der Waals surface area contributed by atoms with E-state index in [-0.39, 0.29) is 17.1 Å². The summed E-state index contributed by atoms with van der Waals surface area (Å²) in [7, 11) is 0. The van der Waals surface area contributed by atoms with E-state index in [1.807, 2.05) is 0 Å². The Balaban J connectivity index is 2.15. The molecule has 0 fully saturated rings. The van der Waals surface area contributed by atoms with Gasteiger partial charge in [0.25, 0.3) is 5.56 Å². The number of hydrazone groups is 1. The Kier molecular flexibility index (Phi) is 4.30. The second-order valence-electron chi connectivity index (χ2n) is 4.62. The molecule has 1 aromatic heterocycles. The first-order chi connectivity index (χ1) is 10.3. The number of nitrogens with one attached hydrogen (secondary N) is 2. The Labute approximate surface area is 123 Å². The van der Waals surface area contributed by atoms with Crippen LogP contribution in [0, 0.1) is 13.8 Å². The second kappa shape index (κ2) is 6.00. The lowest BCUT2D eigenvalue weighted by atomic mass is 10.1. The van der Waals surface area contributed by atoms with E-state index in [0.717, 1.165) is 12.1 Å². The van der Waals surface area contributed by atoms with Crippen LogP contribution < -0.4 is 11.0 Å². The molecule has 1 aromatic carbocycles. The van der Waals surface area contributed by atoms with E-state index < -0.39 is 11.7 Å². The summed E-state index contributed by atoms with van der Waals surface area (Å²) in [4.78, 5) is 18.1. The summed E-state index contributed by atoms with van der Waals surface area (Å²) in [6.45, 7) is 3.31. The van der Waals surface area contributed by atoms with E-state index in [2.05, 4.69) is 20.5 Å². The minimum Gasteiger partial charge on any atom is -0.291 e. The summed E-state index contributed by atoms with van der Waals surface area (Å²) in [5, 5.41) is 3.77. The number of anilines is 1. The van der Waals surface area contributed by atoms with Gasteiger partial charge >= 0.3 is 6.18 Å². The van der Waals surface area contributed by atoms with Gasteiger partial charge in [-0.25, -0.2) is 10.4 Å². The number of halogens is 3. The molecule has 8 heteroatoms. The van der Waals surface area contributed by atoms with Crippen molar-refractivity contribution in [1.29, 1.82) is 0 Å². The van der Waals surface area contributed by atoms with Crippen LogP contribution in [0.15, 0.2) is 34.2 Å². The van der Waals surface area contributed by atoms with Gasteiger partial charge in [-0.05, 0) is 31.5 Å². The van der Waals surface area contributed by atoms with Gasteiger partial charge < -0.3 is 0 Å². The van der Waals surface area contributed by atoms with Gasteiger partial charge in [-0.15, -0.1) is 0 Å². The molecule has 0 atom stereocenters. The Bertz CT molecular complexity index is 765. The second-order valence-corrected chi connectivity index (χ2v) is 4.62. The van der Waals surface area contributed by atoms with Crippen LogP contribution in [0.2, 0.25) is 0 Å². The fraction of sp³-hybridized carbons (Fsp3) is 0.214. The summed E-state index contributed by atoms with van der Waals surface area (Å²) >= 11 is 0. The lowest BCUT2D eigenvalue weighted by molar-refractivity contribution is -0.137. The SMILES string of the molecule is Cc1nc(N/N=C\c2cccc(C(F)(F)F)c2)[nH]c(=O)c1C. The zero-order valence-electron chi connectivity index (χ0n) is 11.8. The van der Waals surface area contributed by atoms with Gasteiger partial charge in [-0.3, -0.25) is 9.78 Å².